The van der Waals surface area contributed by atoms with Gasteiger partial charge in [-0.3, -0.25) is 9.78 Å². The maximum absolute atomic E-state index is 11.9. The number of amides is 1. The summed E-state index contributed by atoms with van der Waals surface area (Å²) >= 11 is 1.88. The van der Waals surface area contributed by atoms with Gasteiger partial charge in [-0.15, -0.1) is 0 Å². The number of carbonyl (C=O) groups excluding carboxylic acids is 1. The van der Waals surface area contributed by atoms with E-state index in [4.69, 9.17) is 5.11 Å². The van der Waals surface area contributed by atoms with Crippen LogP contribution < -0.4 is 5.32 Å². The molecule has 1 aliphatic rings. The minimum atomic E-state index is -1.13. The van der Waals surface area contributed by atoms with Crippen molar-refractivity contribution in [3.05, 3.63) is 29.6 Å². The van der Waals surface area contributed by atoms with Crippen LogP contribution in [0.4, 0.5) is 0 Å². The van der Waals surface area contributed by atoms with Gasteiger partial charge in [-0.05, 0) is 36.0 Å². The summed E-state index contributed by atoms with van der Waals surface area (Å²) in [4.78, 5) is 26.7. The molecule has 1 aromatic heterocycles. The van der Waals surface area contributed by atoms with Gasteiger partial charge in [-0.2, -0.15) is 11.8 Å². The maximum atomic E-state index is 11.9. The first-order valence-corrected chi connectivity index (χ1v) is 6.88. The monoisotopic (exact) mass is 266 g/mol. The van der Waals surface area contributed by atoms with Crippen molar-refractivity contribution in [1.29, 1.82) is 0 Å². The Morgan fingerprint density at radius 1 is 1.56 bits per heavy atom. The number of nitrogens with one attached hydrogen (secondary N) is 1. The molecule has 1 aromatic rings. The second-order valence-electron chi connectivity index (χ2n) is 4.14. The van der Waals surface area contributed by atoms with Gasteiger partial charge in [0.25, 0.3) is 5.91 Å². The number of carboxylic acids is 1. The van der Waals surface area contributed by atoms with Crippen molar-refractivity contribution in [3.63, 3.8) is 0 Å². The van der Waals surface area contributed by atoms with Gasteiger partial charge >= 0.3 is 5.97 Å². The van der Waals surface area contributed by atoms with Gasteiger partial charge < -0.3 is 10.4 Å². The molecule has 0 aliphatic carbocycles. The Bertz CT molecular complexity index is 458. The number of aromatic carboxylic acids is 1. The predicted octanol–water partition coefficient (Wildman–Crippen LogP) is 1.26. The molecule has 2 heterocycles. The van der Waals surface area contributed by atoms with Crippen molar-refractivity contribution in [2.24, 2.45) is 5.92 Å². The Labute approximate surface area is 109 Å². The van der Waals surface area contributed by atoms with E-state index in [0.29, 0.717) is 12.5 Å². The fraction of sp³-hybridized carbons (Fsp3) is 0.417. The average Bonchev–Trinajstić information content (AvgIpc) is 2.89. The van der Waals surface area contributed by atoms with Crippen LogP contribution in [0.25, 0.3) is 0 Å². The summed E-state index contributed by atoms with van der Waals surface area (Å²) in [5.74, 6) is 1.12. The zero-order chi connectivity index (χ0) is 13.0. The summed E-state index contributed by atoms with van der Waals surface area (Å²) in [6.07, 6.45) is 2.52. The summed E-state index contributed by atoms with van der Waals surface area (Å²) < 4.78 is 0. The number of rotatable bonds is 4. The quantitative estimate of drug-likeness (QED) is 0.857. The number of carbonyl (C=O) groups is 2. The molecule has 0 spiro atoms. The van der Waals surface area contributed by atoms with E-state index >= 15 is 0 Å². The first kappa shape index (κ1) is 12.9. The zero-order valence-electron chi connectivity index (χ0n) is 9.76. The fourth-order valence-electron chi connectivity index (χ4n) is 1.82. The van der Waals surface area contributed by atoms with Crippen molar-refractivity contribution in [2.75, 3.05) is 18.1 Å². The SMILES string of the molecule is O=C(O)c1cccnc1C(=O)NCC1CCSC1. The van der Waals surface area contributed by atoms with Gasteiger partial charge in [-0.1, -0.05) is 0 Å². The zero-order valence-corrected chi connectivity index (χ0v) is 10.6. The van der Waals surface area contributed by atoms with Crippen LogP contribution in [0.3, 0.4) is 0 Å². The standard InChI is InChI=1S/C12H14N2O3S/c15-11(14-6-8-3-5-18-7-8)10-9(12(16)17)2-1-4-13-10/h1-2,4,8H,3,5-7H2,(H,14,15)(H,16,17). The second-order valence-corrected chi connectivity index (χ2v) is 5.29. The van der Waals surface area contributed by atoms with E-state index < -0.39 is 11.9 Å². The molecule has 1 aliphatic heterocycles. The summed E-state index contributed by atoms with van der Waals surface area (Å²) in [5.41, 5.74) is -0.0774. The van der Waals surface area contributed by atoms with E-state index in [-0.39, 0.29) is 11.3 Å². The van der Waals surface area contributed by atoms with Crippen LogP contribution in [0.5, 0.6) is 0 Å². The molecule has 0 bridgehead atoms. The van der Waals surface area contributed by atoms with Gasteiger partial charge in [0, 0.05) is 12.7 Å². The molecule has 1 amide bonds. The first-order chi connectivity index (χ1) is 8.68. The van der Waals surface area contributed by atoms with E-state index in [9.17, 15) is 9.59 Å². The highest BCUT2D eigenvalue weighted by Crippen LogP contribution is 2.22. The van der Waals surface area contributed by atoms with Crippen LogP contribution in [-0.4, -0.2) is 40.0 Å². The summed E-state index contributed by atoms with van der Waals surface area (Å²) in [6, 6.07) is 2.89. The highest BCUT2D eigenvalue weighted by atomic mass is 32.2. The molecule has 2 rings (SSSR count). The minimum Gasteiger partial charge on any atom is -0.478 e. The summed E-state index contributed by atoms with van der Waals surface area (Å²) in [5, 5.41) is 11.7. The van der Waals surface area contributed by atoms with Crippen molar-refractivity contribution < 1.29 is 14.7 Å². The fourth-order valence-corrected chi connectivity index (χ4v) is 3.11. The second kappa shape index (κ2) is 5.86. The molecule has 0 aromatic carbocycles. The summed E-state index contributed by atoms with van der Waals surface area (Å²) in [7, 11) is 0. The topological polar surface area (TPSA) is 79.3 Å². The lowest BCUT2D eigenvalue weighted by molar-refractivity contribution is 0.0690. The van der Waals surface area contributed by atoms with E-state index in [1.807, 2.05) is 11.8 Å². The number of carboxylic acid groups (broad SMARTS) is 1. The lowest BCUT2D eigenvalue weighted by atomic mass is 10.1. The van der Waals surface area contributed by atoms with Crippen molar-refractivity contribution in [2.45, 2.75) is 6.42 Å². The molecule has 6 heteroatoms. The molecular weight excluding hydrogens is 252 g/mol. The number of hydrogen-bond donors (Lipinski definition) is 2. The van der Waals surface area contributed by atoms with E-state index in [2.05, 4.69) is 10.3 Å². The molecule has 0 saturated carbocycles. The molecule has 1 fully saturated rings. The third-order valence-electron chi connectivity index (χ3n) is 2.83. The van der Waals surface area contributed by atoms with Crippen LogP contribution in [0.15, 0.2) is 18.3 Å². The van der Waals surface area contributed by atoms with Gasteiger partial charge in [0.2, 0.25) is 0 Å². The maximum Gasteiger partial charge on any atom is 0.338 e. The van der Waals surface area contributed by atoms with Crippen molar-refractivity contribution in [3.8, 4) is 0 Å². The van der Waals surface area contributed by atoms with Crippen LogP contribution >= 0.6 is 11.8 Å². The molecule has 2 N–H and O–H groups in total. The Morgan fingerprint density at radius 2 is 2.39 bits per heavy atom. The molecule has 0 radical (unpaired) electrons. The number of hydrogen-bond acceptors (Lipinski definition) is 4. The van der Waals surface area contributed by atoms with E-state index in [1.54, 1.807) is 0 Å². The lowest BCUT2D eigenvalue weighted by Crippen LogP contribution is -2.31. The van der Waals surface area contributed by atoms with Gasteiger partial charge in [0.1, 0.15) is 5.69 Å². The molecule has 1 atom stereocenters. The lowest BCUT2D eigenvalue weighted by Gasteiger charge is -2.10. The largest absolute Gasteiger partial charge is 0.478 e. The van der Waals surface area contributed by atoms with Crippen LogP contribution in [0.2, 0.25) is 0 Å². The van der Waals surface area contributed by atoms with Gasteiger partial charge in [0.05, 0.1) is 5.56 Å². The first-order valence-electron chi connectivity index (χ1n) is 5.72. The smallest absolute Gasteiger partial charge is 0.338 e. The Balaban J connectivity index is 2.01. The number of pyridine rings is 1. The van der Waals surface area contributed by atoms with Crippen molar-refractivity contribution in [1.82, 2.24) is 10.3 Å². The van der Waals surface area contributed by atoms with Crippen LogP contribution in [0, 0.1) is 5.92 Å². The molecule has 96 valence electrons. The van der Waals surface area contributed by atoms with Crippen LogP contribution in [-0.2, 0) is 0 Å². The van der Waals surface area contributed by atoms with E-state index in [1.165, 1.54) is 18.3 Å². The third kappa shape index (κ3) is 3.01. The highest BCUT2D eigenvalue weighted by molar-refractivity contribution is 7.99. The average molecular weight is 266 g/mol. The van der Waals surface area contributed by atoms with E-state index in [0.717, 1.165) is 17.9 Å². The van der Waals surface area contributed by atoms with Crippen molar-refractivity contribution >= 4 is 23.6 Å². The molecule has 1 saturated heterocycles. The van der Waals surface area contributed by atoms with Gasteiger partial charge in [-0.25, -0.2) is 4.79 Å². The molecular formula is C12H14N2O3S. The predicted molar refractivity (Wildman–Crippen MR) is 69.0 cm³/mol. The Kier molecular flexibility index (Phi) is 4.19. The molecule has 18 heavy (non-hydrogen) atoms. The molecule has 5 nitrogen and oxygen atoms in total. The Hall–Kier alpha value is -1.56. The number of thioether (sulfide) groups is 1. The normalized spacial score (nSPS) is 18.6. The number of nitrogens with zero attached hydrogens (tertiary/aromatic N) is 1. The van der Waals surface area contributed by atoms with Crippen LogP contribution in [0.1, 0.15) is 27.3 Å². The highest BCUT2D eigenvalue weighted by Gasteiger charge is 2.20. The summed E-state index contributed by atoms with van der Waals surface area (Å²) in [6.45, 7) is 0.585. The van der Waals surface area contributed by atoms with Gasteiger partial charge in [0.15, 0.2) is 0 Å². The Morgan fingerprint density at radius 3 is 3.06 bits per heavy atom. The molecule has 1 unspecified atom stereocenters. The minimum absolute atomic E-state index is 0.0179. The number of aromatic nitrogens is 1. The third-order valence-corrected chi connectivity index (χ3v) is 4.06.